The van der Waals surface area contributed by atoms with Crippen LogP contribution in [0.3, 0.4) is 0 Å². The summed E-state index contributed by atoms with van der Waals surface area (Å²) in [5, 5.41) is 5.88. The number of esters is 1. The molecule has 0 aliphatic heterocycles. The molecule has 1 aliphatic carbocycles. The lowest BCUT2D eigenvalue weighted by Crippen LogP contribution is -2.33. The largest absolute Gasteiger partial charge is 0.423 e. The van der Waals surface area contributed by atoms with Gasteiger partial charge in [0.05, 0.1) is 12.1 Å². The van der Waals surface area contributed by atoms with Gasteiger partial charge in [0.1, 0.15) is 5.82 Å². The minimum Gasteiger partial charge on any atom is -0.423 e. The molecular weight excluding hydrogens is 430 g/mol. The average molecular weight is 456 g/mol. The van der Waals surface area contributed by atoms with E-state index < -0.39 is 23.3 Å². The highest BCUT2D eigenvalue weighted by Gasteiger charge is 2.22. The first-order valence-electron chi connectivity index (χ1n) is 10.8. The van der Waals surface area contributed by atoms with Gasteiger partial charge in [0.15, 0.2) is 17.3 Å². The molecule has 0 aromatic heterocycles. The number of carbonyl (C=O) groups is 3. The smallest absolute Gasteiger partial charge is 0.308 e. The fourth-order valence-corrected chi connectivity index (χ4v) is 3.73. The molecule has 2 N–H and O–H groups in total. The van der Waals surface area contributed by atoms with Crippen LogP contribution in [0.5, 0.6) is 5.75 Å². The molecule has 174 valence electrons. The van der Waals surface area contributed by atoms with Crippen molar-refractivity contribution in [2.24, 2.45) is 0 Å². The van der Waals surface area contributed by atoms with Gasteiger partial charge in [0.2, 0.25) is 5.91 Å². The molecule has 0 saturated carbocycles. The number of allylic oxidation sites excluding steroid dienone is 1. The zero-order chi connectivity index (χ0) is 23.8. The molecule has 0 radical (unpaired) electrons. The Morgan fingerprint density at radius 3 is 2.55 bits per heavy atom. The normalized spacial score (nSPS) is 13.4. The number of carbonyl (C=O) groups excluding carboxylic acids is 3. The van der Waals surface area contributed by atoms with Gasteiger partial charge in [-0.05, 0) is 61.9 Å². The first kappa shape index (κ1) is 24.1. The number of nitrogens with one attached hydrogen (secondary N) is 2. The maximum absolute atomic E-state index is 14.1. The molecule has 1 aliphatic rings. The lowest BCUT2D eigenvalue weighted by Gasteiger charge is -2.21. The molecule has 33 heavy (non-hydrogen) atoms. The van der Waals surface area contributed by atoms with E-state index in [4.69, 9.17) is 4.74 Å². The molecule has 0 heterocycles. The quantitative estimate of drug-likeness (QED) is 0.340. The number of Topliss-reactive ketones (excluding diaryl/α,β-unsaturated/α-hetero) is 1. The molecular formula is C25H26F2N2O4. The molecule has 0 saturated heterocycles. The number of para-hydroxylation sites is 1. The molecule has 8 heteroatoms. The van der Waals surface area contributed by atoms with Crippen LogP contribution < -0.4 is 15.4 Å². The summed E-state index contributed by atoms with van der Waals surface area (Å²) in [6.07, 6.45) is 3.40. The van der Waals surface area contributed by atoms with Crippen LogP contribution in [-0.2, 0) is 16.0 Å². The Labute approximate surface area is 191 Å². The van der Waals surface area contributed by atoms with Gasteiger partial charge in [-0.15, -0.1) is 0 Å². The fraction of sp³-hybridized carbons (Fsp3) is 0.320. The van der Waals surface area contributed by atoms with Crippen molar-refractivity contribution in [3.05, 3.63) is 76.5 Å². The number of ether oxygens (including phenoxy) is 1. The maximum Gasteiger partial charge on any atom is 0.308 e. The summed E-state index contributed by atoms with van der Waals surface area (Å²) in [6, 6.07) is 10.1. The van der Waals surface area contributed by atoms with Crippen molar-refractivity contribution in [2.45, 2.75) is 39.0 Å². The topological polar surface area (TPSA) is 84.5 Å². The zero-order valence-corrected chi connectivity index (χ0v) is 18.4. The van der Waals surface area contributed by atoms with Crippen LogP contribution in [0.1, 0.15) is 48.5 Å². The summed E-state index contributed by atoms with van der Waals surface area (Å²) in [5.41, 5.74) is 1.99. The zero-order valence-electron chi connectivity index (χ0n) is 18.4. The number of hydrogen-bond donors (Lipinski definition) is 2. The Bertz CT molecular complexity index is 1080. The van der Waals surface area contributed by atoms with Gasteiger partial charge in [0.25, 0.3) is 0 Å². The van der Waals surface area contributed by atoms with Crippen molar-refractivity contribution in [3.8, 4) is 5.75 Å². The van der Waals surface area contributed by atoms with E-state index in [0.717, 1.165) is 31.4 Å². The summed E-state index contributed by atoms with van der Waals surface area (Å²) in [7, 11) is 0. The van der Waals surface area contributed by atoms with E-state index in [1.807, 2.05) is 0 Å². The summed E-state index contributed by atoms with van der Waals surface area (Å²) in [4.78, 5) is 36.7. The lowest BCUT2D eigenvalue weighted by molar-refractivity contribution is -0.132. The highest BCUT2D eigenvalue weighted by atomic mass is 19.1. The molecule has 0 spiro atoms. The van der Waals surface area contributed by atoms with Gasteiger partial charge in [0, 0.05) is 24.7 Å². The van der Waals surface area contributed by atoms with E-state index in [9.17, 15) is 23.2 Å². The Morgan fingerprint density at radius 2 is 1.79 bits per heavy atom. The van der Waals surface area contributed by atoms with Gasteiger partial charge < -0.3 is 15.4 Å². The van der Waals surface area contributed by atoms with Crippen LogP contribution in [0.4, 0.5) is 8.78 Å². The number of ketones is 1. The van der Waals surface area contributed by atoms with E-state index in [-0.39, 0.29) is 23.8 Å². The molecule has 0 atom stereocenters. The van der Waals surface area contributed by atoms with Crippen molar-refractivity contribution in [2.75, 3.05) is 13.1 Å². The molecule has 0 bridgehead atoms. The molecule has 2 aromatic carbocycles. The van der Waals surface area contributed by atoms with Crippen molar-refractivity contribution < 1.29 is 27.9 Å². The molecule has 3 rings (SSSR count). The van der Waals surface area contributed by atoms with E-state index in [2.05, 4.69) is 10.6 Å². The molecule has 2 aromatic rings. The first-order valence-corrected chi connectivity index (χ1v) is 10.8. The van der Waals surface area contributed by atoms with Crippen LogP contribution in [0.2, 0.25) is 0 Å². The van der Waals surface area contributed by atoms with Gasteiger partial charge in [-0.25, -0.2) is 8.78 Å². The second-order valence-corrected chi connectivity index (χ2v) is 7.79. The monoisotopic (exact) mass is 456 g/mol. The number of rotatable bonds is 9. The highest BCUT2D eigenvalue weighted by Crippen LogP contribution is 2.25. The Kier molecular flexibility index (Phi) is 8.29. The SMILES string of the molecule is CC(=O)Oc1c(F)cccc1C(=O)CNC1=C(C(=O)NCCc2cccc(F)c2)CCCC1. The van der Waals surface area contributed by atoms with Crippen LogP contribution in [0, 0.1) is 11.6 Å². The summed E-state index contributed by atoms with van der Waals surface area (Å²) in [5.74, 6) is -2.94. The van der Waals surface area contributed by atoms with Crippen LogP contribution >= 0.6 is 0 Å². The Morgan fingerprint density at radius 1 is 1.03 bits per heavy atom. The Balaban J connectivity index is 1.64. The predicted octanol–water partition coefficient (Wildman–Crippen LogP) is 3.85. The van der Waals surface area contributed by atoms with Crippen molar-refractivity contribution >= 4 is 17.7 Å². The van der Waals surface area contributed by atoms with E-state index in [1.165, 1.54) is 24.3 Å². The standard InChI is InChI=1S/C25H26F2N2O4/c1-16(30)33-24-20(9-5-10-21(24)27)23(31)15-29-22-11-3-2-8-19(22)25(32)28-13-12-17-6-4-7-18(26)14-17/h4-7,9-10,14,29H,2-3,8,11-13,15H2,1H3,(H,28,32). The summed E-state index contributed by atoms with van der Waals surface area (Å²) >= 11 is 0. The van der Waals surface area contributed by atoms with Crippen molar-refractivity contribution in [1.29, 1.82) is 0 Å². The lowest BCUT2D eigenvalue weighted by atomic mass is 9.95. The van der Waals surface area contributed by atoms with Crippen molar-refractivity contribution in [3.63, 3.8) is 0 Å². The summed E-state index contributed by atoms with van der Waals surface area (Å²) < 4.78 is 32.2. The highest BCUT2D eigenvalue weighted by molar-refractivity contribution is 6.01. The van der Waals surface area contributed by atoms with E-state index in [0.29, 0.717) is 37.1 Å². The average Bonchev–Trinajstić information content (AvgIpc) is 2.78. The van der Waals surface area contributed by atoms with Crippen LogP contribution in [-0.4, -0.2) is 30.7 Å². The number of halogens is 2. The van der Waals surface area contributed by atoms with E-state index >= 15 is 0 Å². The maximum atomic E-state index is 14.1. The molecule has 0 fully saturated rings. The predicted molar refractivity (Wildman–Crippen MR) is 119 cm³/mol. The van der Waals surface area contributed by atoms with Gasteiger partial charge in [-0.1, -0.05) is 18.2 Å². The minimum absolute atomic E-state index is 0.0461. The minimum atomic E-state index is -0.800. The third kappa shape index (κ3) is 6.71. The molecule has 6 nitrogen and oxygen atoms in total. The Hall–Kier alpha value is -3.55. The molecule has 1 amide bonds. The second kappa shape index (κ2) is 11.4. The third-order valence-electron chi connectivity index (χ3n) is 5.31. The second-order valence-electron chi connectivity index (χ2n) is 7.79. The van der Waals surface area contributed by atoms with Crippen LogP contribution in [0.25, 0.3) is 0 Å². The number of hydrogen-bond acceptors (Lipinski definition) is 5. The number of amides is 1. The van der Waals surface area contributed by atoms with Gasteiger partial charge in [-0.2, -0.15) is 0 Å². The van der Waals surface area contributed by atoms with E-state index in [1.54, 1.807) is 12.1 Å². The van der Waals surface area contributed by atoms with Gasteiger partial charge in [-0.3, -0.25) is 14.4 Å². The first-order chi connectivity index (χ1) is 15.8. The summed E-state index contributed by atoms with van der Waals surface area (Å²) in [6.45, 7) is 1.31. The fourth-order valence-electron chi connectivity index (χ4n) is 3.73. The molecule has 0 unspecified atom stereocenters. The third-order valence-corrected chi connectivity index (χ3v) is 5.31. The van der Waals surface area contributed by atoms with Crippen molar-refractivity contribution in [1.82, 2.24) is 10.6 Å². The van der Waals surface area contributed by atoms with Crippen LogP contribution in [0.15, 0.2) is 53.7 Å². The number of benzene rings is 2. The van der Waals surface area contributed by atoms with Gasteiger partial charge >= 0.3 is 5.97 Å².